The maximum absolute atomic E-state index is 14.7. The Morgan fingerprint density at radius 1 is 0.846 bits per heavy atom. The van der Waals surface area contributed by atoms with Crippen molar-refractivity contribution in [3.8, 4) is 5.75 Å². The first-order chi connectivity index (χ1) is 18.1. The molecule has 13 heteroatoms. The Balaban J connectivity index is 2.25. The first-order valence-corrected chi connectivity index (χ1v) is 11.2. The maximum Gasteiger partial charge on any atom is 0.461 e. The van der Waals surface area contributed by atoms with E-state index in [4.69, 9.17) is 5.73 Å². The van der Waals surface area contributed by atoms with E-state index in [-0.39, 0.29) is 17.5 Å². The van der Waals surface area contributed by atoms with Gasteiger partial charge in [-0.15, -0.1) is 0 Å². The molecule has 0 aliphatic rings. The van der Waals surface area contributed by atoms with E-state index in [9.17, 15) is 44.3 Å². The Bertz CT molecular complexity index is 1270. The second-order valence-corrected chi connectivity index (χ2v) is 8.63. The highest BCUT2D eigenvalue weighted by molar-refractivity contribution is 5.83. The van der Waals surface area contributed by atoms with Crippen molar-refractivity contribution >= 4 is 5.91 Å². The molecule has 0 heterocycles. The molecular weight excluding hydrogens is 543 g/mol. The van der Waals surface area contributed by atoms with Crippen molar-refractivity contribution in [1.82, 2.24) is 5.32 Å². The van der Waals surface area contributed by atoms with Crippen molar-refractivity contribution in [1.29, 1.82) is 0 Å². The van der Waals surface area contributed by atoms with E-state index in [2.05, 4.69) is 10.1 Å². The number of nitrogens with two attached hydrogens (primary N) is 1. The van der Waals surface area contributed by atoms with Gasteiger partial charge in [0.1, 0.15) is 17.4 Å². The third-order valence-corrected chi connectivity index (χ3v) is 5.65. The van der Waals surface area contributed by atoms with E-state index >= 15 is 0 Å². The molecule has 1 amide bonds. The van der Waals surface area contributed by atoms with E-state index in [1.54, 1.807) is 30.3 Å². The van der Waals surface area contributed by atoms with E-state index in [1.165, 1.54) is 0 Å². The molecule has 3 rings (SSSR count). The van der Waals surface area contributed by atoms with Crippen LogP contribution in [0.4, 0.5) is 39.5 Å². The number of rotatable bonds is 10. The zero-order valence-corrected chi connectivity index (χ0v) is 19.8. The van der Waals surface area contributed by atoms with Crippen molar-refractivity contribution in [2.24, 2.45) is 5.73 Å². The summed E-state index contributed by atoms with van der Waals surface area (Å²) < 4.78 is 124. The van der Waals surface area contributed by atoms with Crippen LogP contribution in [-0.2, 0) is 16.8 Å². The van der Waals surface area contributed by atoms with Crippen molar-refractivity contribution in [2.45, 2.75) is 43.1 Å². The molecule has 0 aromatic heterocycles. The number of nitrogens with one attached hydrogen (secondary N) is 1. The number of hydrogen-bond acceptors (Lipinski definition) is 3. The summed E-state index contributed by atoms with van der Waals surface area (Å²) in [7, 11) is 0. The fraction of sp³-hybridized carbons (Fsp3) is 0.269. The summed E-state index contributed by atoms with van der Waals surface area (Å²) in [6, 6.07) is 11.7. The molecule has 4 nitrogen and oxygen atoms in total. The van der Waals surface area contributed by atoms with Crippen LogP contribution in [0.25, 0.3) is 0 Å². The van der Waals surface area contributed by atoms with Gasteiger partial charge in [-0.1, -0.05) is 42.5 Å². The van der Waals surface area contributed by atoms with Gasteiger partial charge in [-0.25, -0.2) is 8.78 Å². The monoisotopic (exact) mass is 564 g/mol. The van der Waals surface area contributed by atoms with E-state index < -0.39 is 60.0 Å². The predicted octanol–water partition coefficient (Wildman–Crippen LogP) is 6.08. The van der Waals surface area contributed by atoms with Crippen molar-refractivity contribution in [3.63, 3.8) is 0 Å². The van der Waals surface area contributed by atoms with E-state index in [1.807, 2.05) is 0 Å². The number of ether oxygens (including phenoxy) is 1. The zero-order valence-electron chi connectivity index (χ0n) is 19.8. The topological polar surface area (TPSA) is 64.4 Å². The number of halogens is 9. The SMILES string of the molecule is N[C@H](CC(F)(F)F)C(=O)N[C@](Cc1ccccc1)(c1ccc(F)cc1)c1cc(F)cc(OC(F)(F)C(F)F)c1. The molecular formula is C26H21F9N2O2. The average molecular weight is 564 g/mol. The van der Waals surface area contributed by atoms with Gasteiger partial charge in [-0.3, -0.25) is 4.79 Å². The lowest BCUT2D eigenvalue weighted by molar-refractivity contribution is -0.253. The number of hydrogen-bond donors (Lipinski definition) is 2. The summed E-state index contributed by atoms with van der Waals surface area (Å²) in [5.41, 5.74) is 3.44. The van der Waals surface area contributed by atoms with Crippen LogP contribution < -0.4 is 15.8 Å². The second kappa shape index (κ2) is 11.6. The molecule has 2 atom stereocenters. The molecule has 0 radical (unpaired) electrons. The van der Waals surface area contributed by atoms with Crippen LogP contribution in [0.3, 0.4) is 0 Å². The Morgan fingerprint density at radius 3 is 2.03 bits per heavy atom. The lowest BCUT2D eigenvalue weighted by Crippen LogP contribution is -2.54. The summed E-state index contributed by atoms with van der Waals surface area (Å²) in [5, 5.41) is 2.35. The van der Waals surface area contributed by atoms with Crippen LogP contribution in [0.15, 0.2) is 72.8 Å². The Kier molecular flexibility index (Phi) is 8.84. The average Bonchev–Trinajstić information content (AvgIpc) is 2.83. The van der Waals surface area contributed by atoms with Crippen LogP contribution in [0.2, 0.25) is 0 Å². The molecule has 3 N–H and O–H groups in total. The standard InChI is InChI=1S/C26H21F9N2O2/c27-18-8-6-16(7-9-18)24(13-15-4-2-1-3-5-15,37-22(38)21(36)14-25(31,32)33)17-10-19(28)12-20(11-17)39-26(34,35)23(29)30/h1-12,21,23H,13-14,36H2,(H,37,38)/t21-,24-/m1/s1. The molecule has 0 bridgehead atoms. The molecule has 0 unspecified atom stereocenters. The summed E-state index contributed by atoms with van der Waals surface area (Å²) >= 11 is 0. The minimum absolute atomic E-state index is 0.0162. The van der Waals surface area contributed by atoms with Crippen LogP contribution in [0.1, 0.15) is 23.1 Å². The molecule has 3 aromatic carbocycles. The van der Waals surface area contributed by atoms with Crippen LogP contribution in [0, 0.1) is 11.6 Å². The lowest BCUT2D eigenvalue weighted by Gasteiger charge is -2.37. The van der Waals surface area contributed by atoms with Crippen molar-refractivity contribution in [2.75, 3.05) is 0 Å². The van der Waals surface area contributed by atoms with Gasteiger partial charge in [0.25, 0.3) is 0 Å². The lowest BCUT2D eigenvalue weighted by atomic mass is 9.77. The third-order valence-electron chi connectivity index (χ3n) is 5.65. The molecule has 0 spiro atoms. The quantitative estimate of drug-likeness (QED) is 0.294. The van der Waals surface area contributed by atoms with E-state index in [0.29, 0.717) is 11.6 Å². The van der Waals surface area contributed by atoms with Crippen molar-refractivity contribution in [3.05, 3.63) is 101 Å². The zero-order chi connectivity index (χ0) is 29.0. The number of benzene rings is 3. The van der Waals surface area contributed by atoms with Gasteiger partial charge in [0.2, 0.25) is 5.91 Å². The van der Waals surface area contributed by atoms with Gasteiger partial charge in [0.15, 0.2) is 0 Å². The number of amides is 1. The molecule has 0 saturated heterocycles. The van der Waals surface area contributed by atoms with Gasteiger partial charge in [0, 0.05) is 12.5 Å². The first kappa shape index (κ1) is 29.8. The van der Waals surface area contributed by atoms with Crippen LogP contribution >= 0.6 is 0 Å². The number of carbonyl (C=O) groups is 1. The number of alkyl halides is 7. The van der Waals surface area contributed by atoms with Crippen molar-refractivity contribution < 1.29 is 49.0 Å². The minimum atomic E-state index is -5.03. The highest BCUT2D eigenvalue weighted by Crippen LogP contribution is 2.38. The molecule has 210 valence electrons. The fourth-order valence-electron chi connectivity index (χ4n) is 3.91. The van der Waals surface area contributed by atoms with Gasteiger partial charge in [-0.05, 0) is 41.0 Å². The summed E-state index contributed by atoms with van der Waals surface area (Å²) in [5.74, 6) is -4.44. The maximum atomic E-state index is 14.7. The summed E-state index contributed by atoms with van der Waals surface area (Å²) in [6.45, 7) is 0. The molecule has 0 fully saturated rings. The Hall–Kier alpha value is -3.74. The number of carbonyl (C=O) groups excluding carboxylic acids is 1. The molecule has 39 heavy (non-hydrogen) atoms. The minimum Gasteiger partial charge on any atom is -0.428 e. The molecule has 0 aliphatic carbocycles. The summed E-state index contributed by atoms with van der Waals surface area (Å²) in [4.78, 5) is 13.0. The van der Waals surface area contributed by atoms with Gasteiger partial charge < -0.3 is 15.8 Å². The van der Waals surface area contributed by atoms with Crippen LogP contribution in [0.5, 0.6) is 5.75 Å². The highest BCUT2D eigenvalue weighted by atomic mass is 19.4. The van der Waals surface area contributed by atoms with Gasteiger partial charge >= 0.3 is 18.7 Å². The predicted molar refractivity (Wildman–Crippen MR) is 122 cm³/mol. The van der Waals surface area contributed by atoms with Crippen LogP contribution in [-0.4, -0.2) is 30.7 Å². The smallest absolute Gasteiger partial charge is 0.428 e. The Morgan fingerprint density at radius 2 is 1.46 bits per heavy atom. The summed E-state index contributed by atoms with van der Waals surface area (Å²) in [6.07, 6.45) is -16.2. The second-order valence-electron chi connectivity index (χ2n) is 8.63. The normalized spacial score (nSPS) is 14.5. The largest absolute Gasteiger partial charge is 0.461 e. The Labute approximate surface area is 216 Å². The third kappa shape index (κ3) is 7.65. The first-order valence-electron chi connectivity index (χ1n) is 11.2. The van der Waals surface area contributed by atoms with E-state index in [0.717, 1.165) is 36.4 Å². The molecule has 0 aliphatic heterocycles. The highest BCUT2D eigenvalue weighted by Gasteiger charge is 2.45. The fourth-order valence-corrected chi connectivity index (χ4v) is 3.91. The van der Waals surface area contributed by atoms with Gasteiger partial charge in [-0.2, -0.15) is 30.7 Å². The molecule has 3 aromatic rings. The molecule has 0 saturated carbocycles. The van der Waals surface area contributed by atoms with Gasteiger partial charge in [0.05, 0.1) is 18.0 Å².